The van der Waals surface area contributed by atoms with Gasteiger partial charge in [-0.3, -0.25) is 9.69 Å². The minimum Gasteiger partial charge on any atom is -0.441 e. The van der Waals surface area contributed by atoms with Crippen LogP contribution >= 0.6 is 0 Å². The molecule has 3 heterocycles. The number of carbonyl (C=O) groups is 1. The lowest BCUT2D eigenvalue weighted by Crippen LogP contribution is -2.25. The molecule has 0 radical (unpaired) electrons. The van der Waals surface area contributed by atoms with Crippen LogP contribution in [-0.4, -0.2) is 45.0 Å². The van der Waals surface area contributed by atoms with Crippen LogP contribution in [0.15, 0.2) is 53.3 Å². The number of anilines is 1. The Balaban J connectivity index is 1.61. The van der Waals surface area contributed by atoms with E-state index in [-0.39, 0.29) is 18.7 Å². The lowest BCUT2D eigenvalue weighted by Gasteiger charge is -2.14. The molecule has 2 aromatic heterocycles. The van der Waals surface area contributed by atoms with Gasteiger partial charge in [0.05, 0.1) is 29.9 Å². The number of nitrogens with one attached hydrogen (secondary N) is 1. The number of fused-ring (bicyclic) bond motifs is 2. The molecule has 30 heavy (non-hydrogen) atoms. The number of benzene rings is 2. The third-order valence-electron chi connectivity index (χ3n) is 5.43. The number of aromatic nitrogens is 3. The van der Waals surface area contributed by atoms with Gasteiger partial charge in [-0.15, -0.1) is 0 Å². The standard InChI is InChI=1S/C22H20N4O4/c1-2-25-19-6-4-3-5-17(19)23-20(25)18-9-13-7-8-14(10-16(13)21(28)24-18)26-11-15(12-27)30-22(26)29/h3-10,15,27H,2,11-12H2,1H3,(H,24,28)/t15-/m1/s1. The maximum absolute atomic E-state index is 12.9. The van der Waals surface area contributed by atoms with E-state index in [0.717, 1.165) is 23.0 Å². The van der Waals surface area contributed by atoms with Gasteiger partial charge < -0.3 is 19.4 Å². The molecule has 1 aliphatic heterocycles. The number of ether oxygens (including phenoxy) is 1. The molecule has 0 saturated carbocycles. The van der Waals surface area contributed by atoms with Gasteiger partial charge in [-0.1, -0.05) is 18.2 Å². The molecule has 1 fully saturated rings. The summed E-state index contributed by atoms with van der Waals surface area (Å²) in [7, 11) is 0. The third kappa shape index (κ3) is 2.84. The van der Waals surface area contributed by atoms with Crippen LogP contribution < -0.4 is 10.5 Å². The number of nitrogens with zero attached hydrogens (tertiary/aromatic N) is 3. The van der Waals surface area contributed by atoms with Crippen LogP contribution in [0.3, 0.4) is 0 Å². The van der Waals surface area contributed by atoms with Crippen molar-refractivity contribution in [2.45, 2.75) is 19.6 Å². The predicted octanol–water partition coefficient (Wildman–Crippen LogP) is 2.88. The zero-order valence-corrected chi connectivity index (χ0v) is 16.3. The van der Waals surface area contributed by atoms with E-state index in [0.29, 0.717) is 22.6 Å². The van der Waals surface area contributed by atoms with E-state index >= 15 is 0 Å². The normalized spacial score (nSPS) is 16.5. The van der Waals surface area contributed by atoms with E-state index in [1.165, 1.54) is 4.90 Å². The van der Waals surface area contributed by atoms with E-state index in [2.05, 4.69) is 9.55 Å². The number of cyclic esters (lactones) is 1. The second kappa shape index (κ2) is 7.00. The molecule has 5 rings (SSSR count). The number of aliphatic hydroxyl groups is 1. The number of imidazole rings is 1. The van der Waals surface area contributed by atoms with Crippen molar-refractivity contribution < 1.29 is 14.6 Å². The van der Waals surface area contributed by atoms with Crippen molar-refractivity contribution >= 4 is 33.6 Å². The maximum atomic E-state index is 12.9. The predicted molar refractivity (Wildman–Crippen MR) is 114 cm³/mol. The molecule has 8 heteroatoms. The number of aliphatic hydroxyl groups excluding tert-OH is 1. The highest BCUT2D eigenvalue weighted by Gasteiger charge is 2.32. The van der Waals surface area contributed by atoms with E-state index < -0.39 is 12.2 Å². The number of carbonyl (C=O) groups excluding carboxylic acids is 1. The van der Waals surface area contributed by atoms with Gasteiger partial charge >= 0.3 is 6.09 Å². The summed E-state index contributed by atoms with van der Waals surface area (Å²) in [5.41, 5.74) is 2.82. The lowest BCUT2D eigenvalue weighted by atomic mass is 10.1. The minimum absolute atomic E-state index is 0.238. The molecule has 0 aliphatic carbocycles. The van der Waals surface area contributed by atoms with Crippen LogP contribution in [0.5, 0.6) is 0 Å². The van der Waals surface area contributed by atoms with Crippen molar-refractivity contribution in [3.63, 3.8) is 0 Å². The Labute approximate surface area is 171 Å². The van der Waals surface area contributed by atoms with E-state index in [1.807, 2.05) is 43.3 Å². The fourth-order valence-electron chi connectivity index (χ4n) is 3.97. The van der Waals surface area contributed by atoms with Gasteiger partial charge in [0.1, 0.15) is 6.10 Å². The van der Waals surface area contributed by atoms with Crippen molar-refractivity contribution in [3.05, 3.63) is 58.9 Å². The Hall–Kier alpha value is -3.65. The molecule has 2 aromatic carbocycles. The van der Waals surface area contributed by atoms with Crippen LogP contribution in [0.2, 0.25) is 0 Å². The van der Waals surface area contributed by atoms with E-state index in [4.69, 9.17) is 9.72 Å². The second-order valence-electron chi connectivity index (χ2n) is 7.25. The Bertz CT molecular complexity index is 1340. The Morgan fingerprint density at radius 1 is 1.20 bits per heavy atom. The van der Waals surface area contributed by atoms with E-state index in [1.54, 1.807) is 12.1 Å². The van der Waals surface area contributed by atoms with Gasteiger partial charge in [0.15, 0.2) is 5.82 Å². The monoisotopic (exact) mass is 404 g/mol. The molecular weight excluding hydrogens is 384 g/mol. The summed E-state index contributed by atoms with van der Waals surface area (Å²) < 4.78 is 7.16. The van der Waals surface area contributed by atoms with Gasteiger partial charge in [-0.25, -0.2) is 9.78 Å². The highest BCUT2D eigenvalue weighted by molar-refractivity contribution is 5.94. The van der Waals surface area contributed by atoms with Gasteiger partial charge in [-0.2, -0.15) is 0 Å². The number of hydrogen-bond acceptors (Lipinski definition) is 5. The van der Waals surface area contributed by atoms with Crippen molar-refractivity contribution in [1.29, 1.82) is 0 Å². The average Bonchev–Trinajstić information content (AvgIpc) is 3.33. The highest BCUT2D eigenvalue weighted by Crippen LogP contribution is 2.28. The summed E-state index contributed by atoms with van der Waals surface area (Å²) >= 11 is 0. The zero-order chi connectivity index (χ0) is 20.8. The van der Waals surface area contributed by atoms with Crippen LogP contribution in [0.1, 0.15) is 6.92 Å². The average molecular weight is 404 g/mol. The van der Waals surface area contributed by atoms with Crippen LogP contribution in [0.25, 0.3) is 33.3 Å². The smallest absolute Gasteiger partial charge is 0.414 e. The molecule has 1 atom stereocenters. The summed E-state index contributed by atoms with van der Waals surface area (Å²) in [4.78, 5) is 34.0. The molecular formula is C22H20N4O4. The van der Waals surface area contributed by atoms with Crippen molar-refractivity contribution in [2.24, 2.45) is 0 Å². The summed E-state index contributed by atoms with van der Waals surface area (Å²) in [6.45, 7) is 2.77. The molecule has 4 aromatic rings. The van der Waals surface area contributed by atoms with Crippen LogP contribution in [0, 0.1) is 0 Å². The topological polar surface area (TPSA) is 100 Å². The molecule has 2 N–H and O–H groups in total. The molecule has 8 nitrogen and oxygen atoms in total. The first-order valence-corrected chi connectivity index (χ1v) is 9.80. The maximum Gasteiger partial charge on any atom is 0.414 e. The molecule has 1 aliphatic rings. The van der Waals surface area contributed by atoms with Crippen LogP contribution in [0.4, 0.5) is 10.5 Å². The molecule has 0 bridgehead atoms. The minimum atomic E-state index is -0.559. The SMILES string of the molecule is CCn1c(-c2cc3ccc(N4C[C@H](CO)OC4=O)cc3c(=O)[nH]2)nc2ccccc21. The van der Waals surface area contributed by atoms with E-state index in [9.17, 15) is 14.7 Å². The fraction of sp³-hybridized carbons (Fsp3) is 0.227. The number of H-pyrrole nitrogens is 1. The van der Waals surface area contributed by atoms with Crippen molar-refractivity contribution in [2.75, 3.05) is 18.1 Å². The fourth-order valence-corrected chi connectivity index (χ4v) is 3.97. The first-order valence-electron chi connectivity index (χ1n) is 9.80. The first kappa shape index (κ1) is 18.4. The summed E-state index contributed by atoms with van der Waals surface area (Å²) in [5.74, 6) is 0.704. The number of aryl methyl sites for hydroxylation is 1. The number of rotatable bonds is 4. The number of pyridine rings is 1. The third-order valence-corrected chi connectivity index (χ3v) is 5.43. The number of para-hydroxylation sites is 2. The van der Waals surface area contributed by atoms with Crippen molar-refractivity contribution in [1.82, 2.24) is 14.5 Å². The Morgan fingerprint density at radius 2 is 2.03 bits per heavy atom. The van der Waals surface area contributed by atoms with Gasteiger partial charge in [0, 0.05) is 17.6 Å². The largest absolute Gasteiger partial charge is 0.441 e. The number of hydrogen-bond donors (Lipinski definition) is 2. The second-order valence-corrected chi connectivity index (χ2v) is 7.25. The van der Waals surface area contributed by atoms with Gasteiger partial charge in [-0.05, 0) is 42.6 Å². The van der Waals surface area contributed by atoms with Crippen molar-refractivity contribution in [3.8, 4) is 11.5 Å². The molecule has 0 spiro atoms. The number of aromatic amines is 1. The molecule has 152 valence electrons. The zero-order valence-electron chi connectivity index (χ0n) is 16.3. The van der Waals surface area contributed by atoms with Gasteiger partial charge in [0.2, 0.25) is 0 Å². The molecule has 1 amide bonds. The molecule has 0 unspecified atom stereocenters. The lowest BCUT2D eigenvalue weighted by molar-refractivity contribution is 0.0963. The quantitative estimate of drug-likeness (QED) is 0.545. The first-order chi connectivity index (χ1) is 14.6. The summed E-state index contributed by atoms with van der Waals surface area (Å²) in [6, 6.07) is 15.0. The molecule has 1 saturated heterocycles. The number of amides is 1. The Kier molecular flexibility index (Phi) is 4.29. The summed E-state index contributed by atoms with van der Waals surface area (Å²) in [6.07, 6.45) is -1.09. The highest BCUT2D eigenvalue weighted by atomic mass is 16.6. The van der Waals surface area contributed by atoms with Gasteiger partial charge in [0.25, 0.3) is 5.56 Å². The Morgan fingerprint density at radius 3 is 2.80 bits per heavy atom. The summed E-state index contributed by atoms with van der Waals surface area (Å²) in [5, 5.41) is 10.4. The van der Waals surface area contributed by atoms with Crippen LogP contribution in [-0.2, 0) is 11.3 Å².